The van der Waals surface area contributed by atoms with Crippen molar-refractivity contribution in [3.05, 3.63) is 59.3 Å². The van der Waals surface area contributed by atoms with E-state index >= 15 is 0 Å². The van der Waals surface area contributed by atoms with E-state index in [4.69, 9.17) is 5.73 Å². The molecule has 0 spiro atoms. The van der Waals surface area contributed by atoms with Gasteiger partial charge in [0.1, 0.15) is 23.2 Å². The van der Waals surface area contributed by atoms with Crippen LogP contribution in [0.25, 0.3) is 10.8 Å². The summed E-state index contributed by atoms with van der Waals surface area (Å²) in [6.45, 7) is 1.70. The second-order valence-corrected chi connectivity index (χ2v) is 8.02. The van der Waals surface area contributed by atoms with Crippen LogP contribution < -0.4 is 11.1 Å². The fraction of sp³-hybridized carbons (Fsp3) is 0.250. The third-order valence-corrected chi connectivity index (χ3v) is 6.50. The smallest absolute Gasteiger partial charge is 0.352 e. The number of rotatable bonds is 4. The van der Waals surface area contributed by atoms with E-state index < -0.39 is 35.2 Å². The Hall–Kier alpha value is -2.84. The average Bonchev–Trinajstić information content (AvgIpc) is 2.70. The van der Waals surface area contributed by atoms with E-state index in [0.717, 1.165) is 10.8 Å². The summed E-state index contributed by atoms with van der Waals surface area (Å²) in [5.74, 6) is -1.52. The van der Waals surface area contributed by atoms with Crippen LogP contribution in [0, 0.1) is 0 Å². The van der Waals surface area contributed by atoms with Gasteiger partial charge in [-0.1, -0.05) is 36.4 Å². The molecule has 0 saturated carbocycles. The Labute approximate surface area is 165 Å². The number of benzene rings is 2. The van der Waals surface area contributed by atoms with E-state index in [2.05, 4.69) is 5.32 Å². The van der Waals surface area contributed by atoms with Crippen LogP contribution in [0.5, 0.6) is 0 Å². The minimum Gasteiger partial charge on any atom is -0.477 e. The first kappa shape index (κ1) is 18.5. The summed E-state index contributed by atoms with van der Waals surface area (Å²) >= 11 is 1.43. The first-order valence-corrected chi connectivity index (χ1v) is 9.85. The minimum atomic E-state index is -1.13. The van der Waals surface area contributed by atoms with Gasteiger partial charge < -0.3 is 16.2 Å². The van der Waals surface area contributed by atoms with Crippen LogP contribution in [-0.2, 0) is 14.4 Å². The number of carbonyl (C=O) groups excluding carboxylic acids is 2. The Balaban J connectivity index is 1.49. The van der Waals surface area contributed by atoms with Crippen molar-refractivity contribution in [2.24, 2.45) is 5.73 Å². The maximum atomic E-state index is 12.6. The largest absolute Gasteiger partial charge is 0.477 e. The molecule has 2 aliphatic heterocycles. The summed E-state index contributed by atoms with van der Waals surface area (Å²) in [4.78, 5) is 37.8. The van der Waals surface area contributed by atoms with Gasteiger partial charge >= 0.3 is 5.97 Å². The lowest BCUT2D eigenvalue weighted by Gasteiger charge is -2.49. The molecular weight excluding hydrogens is 378 g/mol. The first-order chi connectivity index (χ1) is 13.4. The molecule has 4 N–H and O–H groups in total. The molecule has 8 heteroatoms. The zero-order valence-corrected chi connectivity index (χ0v) is 15.9. The van der Waals surface area contributed by atoms with E-state index in [9.17, 15) is 19.5 Å². The third kappa shape index (κ3) is 2.94. The van der Waals surface area contributed by atoms with Crippen molar-refractivity contribution in [3.63, 3.8) is 0 Å². The SMILES string of the molecule is CC1=C(C(=O)O)N2C(=O)[C@@H](NC(=O)[C@H](N)c3ccc4ccccc4c3)[C@H]2SC1. The lowest BCUT2D eigenvalue weighted by molar-refractivity contribution is -0.150. The highest BCUT2D eigenvalue weighted by molar-refractivity contribution is 8.00. The van der Waals surface area contributed by atoms with Crippen LogP contribution in [0.4, 0.5) is 0 Å². The second kappa shape index (κ2) is 6.96. The Bertz CT molecular complexity index is 1040. The summed E-state index contributed by atoms with van der Waals surface area (Å²) in [5.41, 5.74) is 7.42. The normalized spacial score (nSPS) is 22.5. The van der Waals surface area contributed by atoms with Crippen LogP contribution in [0.15, 0.2) is 53.7 Å². The average molecular weight is 397 g/mol. The molecule has 3 atom stereocenters. The van der Waals surface area contributed by atoms with Crippen molar-refractivity contribution in [1.82, 2.24) is 10.2 Å². The van der Waals surface area contributed by atoms with Gasteiger partial charge in [-0.05, 0) is 34.9 Å². The van der Waals surface area contributed by atoms with Gasteiger partial charge in [0, 0.05) is 5.75 Å². The maximum absolute atomic E-state index is 12.6. The number of nitrogens with zero attached hydrogens (tertiary/aromatic N) is 1. The van der Waals surface area contributed by atoms with Crippen molar-refractivity contribution >= 4 is 40.3 Å². The van der Waals surface area contributed by atoms with Gasteiger partial charge in [0.2, 0.25) is 5.91 Å². The molecule has 28 heavy (non-hydrogen) atoms. The van der Waals surface area contributed by atoms with E-state index in [0.29, 0.717) is 16.9 Å². The first-order valence-electron chi connectivity index (χ1n) is 8.81. The Morgan fingerprint density at radius 1 is 1.25 bits per heavy atom. The fourth-order valence-corrected chi connectivity index (χ4v) is 4.86. The van der Waals surface area contributed by atoms with Crippen LogP contribution in [0.1, 0.15) is 18.5 Å². The molecule has 2 aliphatic rings. The Morgan fingerprint density at radius 3 is 2.68 bits per heavy atom. The number of carbonyl (C=O) groups is 3. The summed E-state index contributed by atoms with van der Waals surface area (Å²) in [6, 6.07) is 11.6. The van der Waals surface area contributed by atoms with Crippen LogP contribution >= 0.6 is 11.8 Å². The van der Waals surface area contributed by atoms with Gasteiger partial charge in [-0.25, -0.2) is 4.79 Å². The molecule has 0 aliphatic carbocycles. The van der Waals surface area contributed by atoms with Crippen molar-refractivity contribution in [2.75, 3.05) is 5.75 Å². The van der Waals surface area contributed by atoms with Crippen LogP contribution in [-0.4, -0.2) is 45.0 Å². The standard InChI is InChI=1S/C20H19N3O4S/c1-10-9-28-19-15(18(25)23(19)16(10)20(26)27)22-17(24)14(21)13-7-6-11-4-2-3-5-12(11)8-13/h2-8,14-15,19H,9,21H2,1H3,(H,22,24)(H,26,27)/t14-,15-,19-/m1/s1. The summed E-state index contributed by atoms with van der Waals surface area (Å²) in [6.07, 6.45) is 0. The molecule has 0 radical (unpaired) electrons. The summed E-state index contributed by atoms with van der Waals surface area (Å²) < 4.78 is 0. The number of hydrogen-bond acceptors (Lipinski definition) is 5. The molecule has 144 valence electrons. The van der Waals surface area contributed by atoms with Gasteiger partial charge in [0.25, 0.3) is 5.91 Å². The number of carboxylic acids is 1. The number of nitrogens with one attached hydrogen (secondary N) is 1. The van der Waals surface area contributed by atoms with Gasteiger partial charge in [-0.2, -0.15) is 0 Å². The lowest BCUT2D eigenvalue weighted by atomic mass is 10.00. The topological polar surface area (TPSA) is 113 Å². The number of nitrogens with two attached hydrogens (primary N) is 1. The minimum absolute atomic E-state index is 0.0121. The predicted octanol–water partition coefficient (Wildman–Crippen LogP) is 1.60. The highest BCUT2D eigenvalue weighted by Crippen LogP contribution is 2.40. The van der Waals surface area contributed by atoms with Gasteiger partial charge in [-0.3, -0.25) is 14.5 Å². The molecule has 4 rings (SSSR count). The number of carboxylic acid groups (broad SMARTS) is 1. The number of aliphatic carboxylic acids is 1. The van der Waals surface area contributed by atoms with Gasteiger partial charge in [0.05, 0.1) is 0 Å². The fourth-order valence-electron chi connectivity index (χ4n) is 3.57. The molecule has 0 aromatic heterocycles. The van der Waals surface area contributed by atoms with Crippen molar-refractivity contribution in [1.29, 1.82) is 0 Å². The highest BCUT2D eigenvalue weighted by atomic mass is 32.2. The highest BCUT2D eigenvalue weighted by Gasteiger charge is 2.53. The van der Waals surface area contributed by atoms with Crippen LogP contribution in [0.2, 0.25) is 0 Å². The number of amides is 2. The van der Waals surface area contributed by atoms with Crippen molar-refractivity contribution in [3.8, 4) is 0 Å². The van der Waals surface area contributed by atoms with E-state index in [1.807, 2.05) is 36.4 Å². The number of hydrogen-bond donors (Lipinski definition) is 3. The monoisotopic (exact) mass is 397 g/mol. The van der Waals surface area contributed by atoms with E-state index in [1.54, 1.807) is 13.0 Å². The van der Waals surface area contributed by atoms with Gasteiger partial charge in [-0.15, -0.1) is 11.8 Å². The number of thioether (sulfide) groups is 1. The molecule has 2 aromatic carbocycles. The molecule has 0 bridgehead atoms. The molecule has 1 saturated heterocycles. The van der Waals surface area contributed by atoms with Crippen molar-refractivity contribution in [2.45, 2.75) is 24.4 Å². The van der Waals surface area contributed by atoms with E-state index in [1.165, 1.54) is 16.7 Å². The van der Waals surface area contributed by atoms with Gasteiger partial charge in [0.15, 0.2) is 0 Å². The lowest BCUT2D eigenvalue weighted by Crippen LogP contribution is -2.71. The molecule has 2 aromatic rings. The Morgan fingerprint density at radius 2 is 1.96 bits per heavy atom. The van der Waals surface area contributed by atoms with E-state index in [-0.39, 0.29) is 5.70 Å². The molecule has 2 amide bonds. The van der Waals surface area contributed by atoms with Crippen molar-refractivity contribution < 1.29 is 19.5 Å². The second-order valence-electron chi connectivity index (χ2n) is 6.91. The number of β-lactam (4-membered cyclic amide) rings is 1. The zero-order valence-electron chi connectivity index (χ0n) is 15.1. The third-order valence-electron chi connectivity index (χ3n) is 5.07. The zero-order chi connectivity index (χ0) is 20.0. The molecule has 7 nitrogen and oxygen atoms in total. The Kier molecular flexibility index (Phi) is 4.60. The summed E-state index contributed by atoms with van der Waals surface area (Å²) in [5, 5.41) is 13.7. The molecular formula is C20H19N3O4S. The number of fused-ring (bicyclic) bond motifs is 2. The molecule has 2 heterocycles. The summed E-state index contributed by atoms with van der Waals surface area (Å²) in [7, 11) is 0. The molecule has 1 fully saturated rings. The predicted molar refractivity (Wildman–Crippen MR) is 106 cm³/mol. The maximum Gasteiger partial charge on any atom is 0.352 e. The molecule has 0 unspecified atom stereocenters. The quantitative estimate of drug-likeness (QED) is 0.676. The van der Waals surface area contributed by atoms with Crippen LogP contribution in [0.3, 0.4) is 0 Å².